The van der Waals surface area contributed by atoms with Crippen molar-refractivity contribution in [3.63, 3.8) is 0 Å². The quantitative estimate of drug-likeness (QED) is 0.637. The number of halogens is 1. The molecule has 0 bridgehead atoms. The maximum Gasteiger partial charge on any atom is 0.327 e. The lowest BCUT2D eigenvalue weighted by molar-refractivity contribution is -0.141. The molecule has 19 heavy (non-hydrogen) atoms. The van der Waals surface area contributed by atoms with Crippen molar-refractivity contribution in [1.29, 1.82) is 0 Å². The Labute approximate surface area is 118 Å². The molecule has 0 aliphatic rings. The van der Waals surface area contributed by atoms with E-state index in [4.69, 9.17) is 4.74 Å². The lowest BCUT2D eigenvalue weighted by Gasteiger charge is -2.16. The first-order valence-corrected chi connectivity index (χ1v) is 7.05. The Morgan fingerprint density at radius 2 is 2.11 bits per heavy atom. The third kappa shape index (κ3) is 2.45. The van der Waals surface area contributed by atoms with Gasteiger partial charge in [-0.05, 0) is 19.1 Å². The second-order valence-corrected chi connectivity index (χ2v) is 4.95. The molecule has 102 valence electrons. The second-order valence-electron chi connectivity index (χ2n) is 4.30. The molecule has 0 radical (unpaired) electrons. The van der Waals surface area contributed by atoms with Crippen LogP contribution in [-0.4, -0.2) is 27.8 Å². The zero-order valence-electron chi connectivity index (χ0n) is 10.8. The highest BCUT2D eigenvalue weighted by atomic mass is 79.9. The Morgan fingerprint density at radius 3 is 2.74 bits per heavy atom. The van der Waals surface area contributed by atoms with Crippen LogP contribution < -0.4 is 5.56 Å². The summed E-state index contributed by atoms with van der Waals surface area (Å²) in [4.78, 5) is 23.9. The Morgan fingerprint density at radius 1 is 1.42 bits per heavy atom. The number of carbonyl (C=O) groups is 1. The molecular weight excluding hydrogens is 312 g/mol. The first-order valence-electron chi connectivity index (χ1n) is 5.93. The molecule has 1 heterocycles. The number of fused-ring (bicyclic) bond motifs is 1. The summed E-state index contributed by atoms with van der Waals surface area (Å²) < 4.78 is 7.96. The normalized spacial score (nSPS) is 12.6. The van der Waals surface area contributed by atoms with Crippen molar-refractivity contribution in [2.45, 2.75) is 19.5 Å². The summed E-state index contributed by atoms with van der Waals surface area (Å²) in [6.07, 6.45) is 0. The average Bonchev–Trinajstić information content (AvgIpc) is 2.71. The molecule has 2 rings (SSSR count). The number of aromatic nitrogens is 2. The van der Waals surface area contributed by atoms with Crippen LogP contribution in [-0.2, 0) is 16.1 Å². The Balaban J connectivity index is 2.69. The van der Waals surface area contributed by atoms with Crippen LogP contribution in [0.3, 0.4) is 0 Å². The number of para-hydroxylation sites is 1. The van der Waals surface area contributed by atoms with Gasteiger partial charge in [0.2, 0.25) is 0 Å². The minimum atomic E-state index is -0.378. The fourth-order valence-electron chi connectivity index (χ4n) is 2.08. The van der Waals surface area contributed by atoms with Gasteiger partial charge in [-0.2, -0.15) is 0 Å². The van der Waals surface area contributed by atoms with Crippen LogP contribution in [0.4, 0.5) is 0 Å². The molecule has 1 unspecified atom stereocenters. The van der Waals surface area contributed by atoms with E-state index >= 15 is 0 Å². The lowest BCUT2D eigenvalue weighted by Crippen LogP contribution is -2.29. The summed E-state index contributed by atoms with van der Waals surface area (Å²) in [5.41, 5.74) is 0.650. The molecule has 0 aliphatic carbocycles. The number of esters is 1. The van der Waals surface area contributed by atoms with Crippen LogP contribution in [0, 0.1) is 0 Å². The average molecular weight is 327 g/mol. The first kappa shape index (κ1) is 13.9. The van der Waals surface area contributed by atoms with Gasteiger partial charge in [-0.25, -0.2) is 4.68 Å². The van der Waals surface area contributed by atoms with Crippen molar-refractivity contribution < 1.29 is 9.53 Å². The van der Waals surface area contributed by atoms with E-state index in [2.05, 4.69) is 15.9 Å². The summed E-state index contributed by atoms with van der Waals surface area (Å²) in [6.45, 7) is 1.94. The van der Waals surface area contributed by atoms with Crippen molar-refractivity contribution in [2.24, 2.45) is 0 Å². The Hall–Kier alpha value is -1.56. The lowest BCUT2D eigenvalue weighted by atomic mass is 10.2. The number of rotatable bonds is 4. The maximum absolute atomic E-state index is 12.4. The highest BCUT2D eigenvalue weighted by molar-refractivity contribution is 9.09. The number of carbonyl (C=O) groups excluding carboxylic acids is 1. The second kappa shape index (κ2) is 5.61. The number of benzene rings is 1. The van der Waals surface area contributed by atoms with E-state index < -0.39 is 0 Å². The molecule has 0 saturated heterocycles. The first-order chi connectivity index (χ1) is 9.10. The van der Waals surface area contributed by atoms with Crippen LogP contribution in [0.5, 0.6) is 0 Å². The van der Waals surface area contributed by atoms with Crippen LogP contribution in [0.2, 0.25) is 0 Å². The summed E-state index contributed by atoms with van der Waals surface area (Å²) >= 11 is 3.37. The molecule has 0 spiro atoms. The minimum Gasteiger partial charge on any atom is -0.468 e. The predicted molar refractivity (Wildman–Crippen MR) is 76.7 cm³/mol. The molecule has 0 fully saturated rings. The Bertz CT molecular complexity index is 659. The molecule has 0 aliphatic heterocycles. The van der Waals surface area contributed by atoms with E-state index in [1.807, 2.05) is 25.1 Å². The van der Waals surface area contributed by atoms with E-state index in [1.165, 1.54) is 7.11 Å². The number of methoxy groups -OCH3 is 1. The third-order valence-electron chi connectivity index (χ3n) is 3.03. The van der Waals surface area contributed by atoms with Gasteiger partial charge in [0.15, 0.2) is 0 Å². The third-order valence-corrected chi connectivity index (χ3v) is 3.97. The number of alkyl halides is 1. The fourth-order valence-corrected chi connectivity index (χ4v) is 2.35. The van der Waals surface area contributed by atoms with Crippen molar-refractivity contribution in [3.8, 4) is 0 Å². The summed E-state index contributed by atoms with van der Waals surface area (Å²) in [7, 11) is 1.34. The zero-order chi connectivity index (χ0) is 14.0. The summed E-state index contributed by atoms with van der Waals surface area (Å²) in [6, 6.07) is 7.21. The van der Waals surface area contributed by atoms with Crippen molar-refractivity contribution in [3.05, 3.63) is 34.6 Å². The van der Waals surface area contributed by atoms with Gasteiger partial charge in [-0.1, -0.05) is 28.1 Å². The van der Waals surface area contributed by atoms with Crippen LogP contribution in [0.1, 0.15) is 13.0 Å². The number of hydrogen-bond acceptors (Lipinski definition) is 3. The summed E-state index contributed by atoms with van der Waals surface area (Å²) in [5, 5.41) is 1.24. The minimum absolute atomic E-state index is 0.0244. The molecule has 0 N–H and O–H groups in total. The van der Waals surface area contributed by atoms with Crippen molar-refractivity contribution in [2.75, 3.05) is 12.4 Å². The van der Waals surface area contributed by atoms with Crippen LogP contribution >= 0.6 is 15.9 Å². The maximum atomic E-state index is 12.4. The van der Waals surface area contributed by atoms with Crippen LogP contribution in [0.25, 0.3) is 10.9 Å². The SMILES string of the molecule is COC(=O)Cn1c2ccccc2c(=O)n1C(C)CBr. The smallest absolute Gasteiger partial charge is 0.327 e. The highest BCUT2D eigenvalue weighted by Crippen LogP contribution is 2.16. The summed E-state index contributed by atoms with van der Waals surface area (Å²) in [5.74, 6) is -0.378. The van der Waals surface area contributed by atoms with Gasteiger partial charge in [-0.15, -0.1) is 0 Å². The largest absolute Gasteiger partial charge is 0.468 e. The Kier molecular flexibility index (Phi) is 4.09. The van der Waals surface area contributed by atoms with E-state index in [-0.39, 0.29) is 24.1 Å². The van der Waals surface area contributed by atoms with E-state index in [9.17, 15) is 9.59 Å². The molecule has 1 aromatic carbocycles. The van der Waals surface area contributed by atoms with E-state index in [0.29, 0.717) is 10.7 Å². The van der Waals surface area contributed by atoms with Crippen molar-refractivity contribution >= 4 is 32.8 Å². The number of ether oxygens (including phenoxy) is 1. The van der Waals surface area contributed by atoms with Crippen molar-refractivity contribution in [1.82, 2.24) is 9.36 Å². The highest BCUT2D eigenvalue weighted by Gasteiger charge is 2.18. The molecular formula is C13H15BrN2O3. The van der Waals surface area contributed by atoms with Gasteiger partial charge in [0.25, 0.3) is 5.56 Å². The van der Waals surface area contributed by atoms with Gasteiger partial charge in [0.05, 0.1) is 24.1 Å². The van der Waals surface area contributed by atoms with Gasteiger partial charge < -0.3 is 4.74 Å². The number of nitrogens with zero attached hydrogens (tertiary/aromatic N) is 2. The zero-order valence-corrected chi connectivity index (χ0v) is 12.4. The van der Waals surface area contributed by atoms with Gasteiger partial charge in [0.1, 0.15) is 6.54 Å². The molecule has 5 nitrogen and oxygen atoms in total. The van der Waals surface area contributed by atoms with Gasteiger partial charge >= 0.3 is 5.97 Å². The number of hydrogen-bond donors (Lipinski definition) is 0. The molecule has 1 atom stereocenters. The standard InChI is InChI=1S/C13H15BrN2O3/c1-9(7-14)16-13(18)10-5-3-4-6-11(10)15(16)8-12(17)19-2/h3-6,9H,7-8H2,1-2H3. The van der Waals surface area contributed by atoms with E-state index in [0.717, 1.165) is 5.52 Å². The van der Waals surface area contributed by atoms with E-state index in [1.54, 1.807) is 15.4 Å². The molecule has 0 saturated carbocycles. The van der Waals surface area contributed by atoms with Crippen LogP contribution in [0.15, 0.2) is 29.1 Å². The molecule has 1 aromatic heterocycles. The fraction of sp³-hybridized carbons (Fsp3) is 0.385. The topological polar surface area (TPSA) is 53.2 Å². The monoisotopic (exact) mass is 326 g/mol. The van der Waals surface area contributed by atoms with Gasteiger partial charge in [0, 0.05) is 5.33 Å². The predicted octanol–water partition coefficient (Wildman–Crippen LogP) is 1.93. The molecule has 6 heteroatoms. The van der Waals surface area contributed by atoms with Gasteiger partial charge in [-0.3, -0.25) is 14.3 Å². The molecule has 2 aromatic rings. The molecule has 0 amide bonds.